The first kappa shape index (κ1) is 15.9. The Balaban J connectivity index is -0.0000000450. The molecule has 0 amide bonds. The van der Waals surface area contributed by atoms with Crippen LogP contribution >= 0.6 is 12.4 Å². The molecule has 0 aliphatic heterocycles. The van der Waals surface area contributed by atoms with Crippen LogP contribution in [0.15, 0.2) is 0 Å². The largest absolute Gasteiger partial charge is 0.344 e. The Morgan fingerprint density at radius 3 is 1.00 bits per heavy atom. The zero-order valence-corrected chi connectivity index (χ0v) is 6.66. The van der Waals surface area contributed by atoms with Gasteiger partial charge in [-0.15, -0.1) is 29.8 Å². The van der Waals surface area contributed by atoms with E-state index in [0.717, 1.165) is 0 Å². The first-order valence-electron chi connectivity index (χ1n) is 1.73. The molecule has 6 heavy (non-hydrogen) atoms. The number of hydrogen-bond donors (Lipinski definition) is 1. The van der Waals surface area contributed by atoms with Gasteiger partial charge in [-0.2, -0.15) is 0 Å². The summed E-state index contributed by atoms with van der Waals surface area (Å²) < 4.78 is 0. The SMILES string of the molecule is Cl.N.[CH3][Al]([CH3])[CH3]. The predicted octanol–water partition coefficient (Wildman–Crippen LogP) is 1.95. The standard InChI is InChI=1S/3CH3.Al.ClH.H3N/h3*1H3;;1H;1H3. The summed E-state index contributed by atoms with van der Waals surface area (Å²) in [4.78, 5) is 0. The molecule has 0 aliphatic rings. The van der Waals surface area contributed by atoms with Gasteiger partial charge in [-0.1, -0.05) is 0 Å². The highest BCUT2D eigenvalue weighted by Crippen LogP contribution is 1.68. The van der Waals surface area contributed by atoms with Crippen LogP contribution in [0.5, 0.6) is 0 Å². The van der Waals surface area contributed by atoms with Crippen LogP contribution in [-0.4, -0.2) is 14.1 Å². The maximum Gasteiger partial charge on any atom is 0.251 e. The second-order valence-corrected chi connectivity index (χ2v) is 5.20. The zero-order valence-electron chi connectivity index (χ0n) is 4.69. The van der Waals surface area contributed by atoms with E-state index in [4.69, 9.17) is 0 Å². The molecular weight excluding hydrogens is 112 g/mol. The fourth-order valence-electron chi connectivity index (χ4n) is 0. The van der Waals surface area contributed by atoms with E-state index in [0.29, 0.717) is 0 Å². The highest BCUT2D eigenvalue weighted by atomic mass is 35.5. The minimum atomic E-state index is -0.139. The van der Waals surface area contributed by atoms with Gasteiger partial charge in [-0.25, -0.2) is 0 Å². The van der Waals surface area contributed by atoms with Gasteiger partial charge in [0.15, 0.2) is 0 Å². The molecule has 0 saturated heterocycles. The molecule has 0 spiro atoms. The first-order valence-corrected chi connectivity index (χ1v) is 5.20. The van der Waals surface area contributed by atoms with Gasteiger partial charge in [-0.3, -0.25) is 0 Å². The van der Waals surface area contributed by atoms with Crippen LogP contribution in [0.3, 0.4) is 0 Å². The summed E-state index contributed by atoms with van der Waals surface area (Å²) in [6.07, 6.45) is 0. The Hall–Kier alpha value is 0.782. The molecule has 0 rings (SSSR count). The molecule has 0 aromatic carbocycles. The molecular formula is C3H13AlClN. The average molecular weight is 126 g/mol. The molecule has 0 saturated carbocycles. The molecule has 40 valence electrons. The van der Waals surface area contributed by atoms with Gasteiger partial charge in [0, 0.05) is 0 Å². The van der Waals surface area contributed by atoms with Crippen molar-refractivity contribution < 1.29 is 0 Å². The summed E-state index contributed by atoms with van der Waals surface area (Å²) in [6, 6.07) is 0. The van der Waals surface area contributed by atoms with Crippen molar-refractivity contribution >= 4 is 26.6 Å². The molecule has 0 aromatic rings. The summed E-state index contributed by atoms with van der Waals surface area (Å²) in [6.45, 7) is 0. The van der Waals surface area contributed by atoms with Crippen molar-refractivity contribution in [3.8, 4) is 0 Å². The maximum atomic E-state index is 2.31. The van der Waals surface area contributed by atoms with E-state index in [1.165, 1.54) is 0 Å². The van der Waals surface area contributed by atoms with Gasteiger partial charge in [0.25, 0.3) is 14.1 Å². The van der Waals surface area contributed by atoms with Crippen molar-refractivity contribution in [2.75, 3.05) is 0 Å². The summed E-state index contributed by atoms with van der Waals surface area (Å²) >= 11 is -0.139. The van der Waals surface area contributed by atoms with Crippen molar-refractivity contribution in [3.63, 3.8) is 0 Å². The molecule has 0 heterocycles. The van der Waals surface area contributed by atoms with Crippen LogP contribution in [0.1, 0.15) is 0 Å². The number of halogens is 1. The van der Waals surface area contributed by atoms with Gasteiger partial charge < -0.3 is 6.15 Å². The van der Waals surface area contributed by atoms with Crippen molar-refractivity contribution in [2.24, 2.45) is 0 Å². The van der Waals surface area contributed by atoms with E-state index in [1.54, 1.807) is 0 Å². The fourth-order valence-corrected chi connectivity index (χ4v) is 0. The van der Waals surface area contributed by atoms with Gasteiger partial charge in [-0.05, 0) is 0 Å². The van der Waals surface area contributed by atoms with Crippen LogP contribution in [0.4, 0.5) is 0 Å². The summed E-state index contributed by atoms with van der Waals surface area (Å²) in [5, 5.41) is 0. The van der Waals surface area contributed by atoms with Crippen LogP contribution in [0, 0.1) is 0 Å². The lowest BCUT2D eigenvalue weighted by Gasteiger charge is -1.67. The van der Waals surface area contributed by atoms with E-state index in [-0.39, 0.29) is 32.7 Å². The fraction of sp³-hybridized carbons (Fsp3) is 1.00. The van der Waals surface area contributed by atoms with Gasteiger partial charge in [0.1, 0.15) is 0 Å². The molecule has 0 aromatic heterocycles. The van der Waals surface area contributed by atoms with Crippen molar-refractivity contribution in [3.05, 3.63) is 0 Å². The molecule has 0 unspecified atom stereocenters. The second kappa shape index (κ2) is 9.24. The second-order valence-electron chi connectivity index (χ2n) is 1.73. The molecule has 3 N–H and O–H groups in total. The van der Waals surface area contributed by atoms with E-state index < -0.39 is 0 Å². The van der Waals surface area contributed by atoms with Crippen molar-refractivity contribution in [1.29, 1.82) is 0 Å². The topological polar surface area (TPSA) is 35.0 Å². The third kappa shape index (κ3) is 112. The Bertz CT molecular complexity index is 15.5. The Labute approximate surface area is 50.5 Å². The molecule has 1 nitrogen and oxygen atoms in total. The van der Waals surface area contributed by atoms with Crippen molar-refractivity contribution in [1.82, 2.24) is 6.15 Å². The average Bonchev–Trinajstić information content (AvgIpc) is 0.811. The third-order valence-electron chi connectivity index (χ3n) is 0. The Morgan fingerprint density at radius 2 is 1.00 bits per heavy atom. The van der Waals surface area contributed by atoms with Gasteiger partial charge in [0.05, 0.1) is 0 Å². The van der Waals surface area contributed by atoms with Crippen LogP contribution in [0.2, 0.25) is 17.4 Å². The first-order chi connectivity index (χ1) is 1.73. The summed E-state index contributed by atoms with van der Waals surface area (Å²) in [5.74, 6) is 6.92. The van der Waals surface area contributed by atoms with E-state index in [9.17, 15) is 0 Å². The predicted molar refractivity (Wildman–Crippen MR) is 35.6 cm³/mol. The Kier molecular flexibility index (Phi) is 24.4. The van der Waals surface area contributed by atoms with E-state index >= 15 is 0 Å². The molecule has 0 bridgehead atoms. The molecule has 0 aliphatic carbocycles. The minimum Gasteiger partial charge on any atom is -0.344 e. The van der Waals surface area contributed by atoms with Crippen LogP contribution in [0.25, 0.3) is 0 Å². The zero-order chi connectivity index (χ0) is 3.58. The quantitative estimate of drug-likeness (QED) is 0.494. The molecule has 0 radical (unpaired) electrons. The van der Waals surface area contributed by atoms with Gasteiger partial charge in [0.2, 0.25) is 0 Å². The molecule has 0 fully saturated rings. The summed E-state index contributed by atoms with van der Waals surface area (Å²) in [7, 11) is 0. The van der Waals surface area contributed by atoms with E-state index in [1.807, 2.05) is 0 Å². The molecule has 3 heteroatoms. The Morgan fingerprint density at radius 1 is 1.00 bits per heavy atom. The summed E-state index contributed by atoms with van der Waals surface area (Å²) in [5.41, 5.74) is 0. The van der Waals surface area contributed by atoms with Gasteiger partial charge >= 0.3 is 0 Å². The highest BCUT2D eigenvalue weighted by molar-refractivity contribution is 6.54. The van der Waals surface area contributed by atoms with Crippen LogP contribution < -0.4 is 6.15 Å². The van der Waals surface area contributed by atoms with Crippen molar-refractivity contribution in [2.45, 2.75) is 17.4 Å². The monoisotopic (exact) mass is 125 g/mol. The lowest BCUT2D eigenvalue weighted by atomic mass is 11.8. The normalized spacial score (nSPS) is 4.50. The smallest absolute Gasteiger partial charge is 0.251 e. The molecule has 0 atom stereocenters. The highest BCUT2D eigenvalue weighted by Gasteiger charge is 1.81. The minimum absolute atomic E-state index is 0. The number of hydrogen-bond acceptors (Lipinski definition) is 1. The van der Waals surface area contributed by atoms with E-state index in [2.05, 4.69) is 17.4 Å². The lowest BCUT2D eigenvalue weighted by molar-refractivity contribution is 1.91. The lowest BCUT2D eigenvalue weighted by Crippen LogP contribution is -1.84. The maximum absolute atomic E-state index is 2.31. The number of rotatable bonds is 0. The van der Waals surface area contributed by atoms with Crippen LogP contribution in [-0.2, 0) is 0 Å². The third-order valence-corrected chi connectivity index (χ3v) is 0.